The maximum absolute atomic E-state index is 5.51. The molecule has 76 valence electrons. The van der Waals surface area contributed by atoms with E-state index in [1.54, 1.807) is 6.20 Å². The second kappa shape index (κ2) is 5.18. The van der Waals surface area contributed by atoms with E-state index in [0.29, 0.717) is 23.9 Å². The lowest BCUT2D eigenvalue weighted by molar-refractivity contribution is 0.398. The molecule has 0 spiro atoms. The first-order valence-corrected chi connectivity index (χ1v) is 4.31. The summed E-state index contributed by atoms with van der Waals surface area (Å²) >= 11 is 0. The average molecular weight is 194 g/mol. The highest BCUT2D eigenvalue weighted by molar-refractivity contribution is 5.49. The number of ether oxygens (including phenoxy) is 1. The van der Waals surface area contributed by atoms with Gasteiger partial charge in [0.1, 0.15) is 0 Å². The van der Waals surface area contributed by atoms with Gasteiger partial charge in [0, 0.05) is 0 Å². The van der Waals surface area contributed by atoms with Crippen LogP contribution in [-0.4, -0.2) is 23.6 Å². The highest BCUT2D eigenvalue weighted by atomic mass is 16.5. The fraction of sp³-hybridized carbons (Fsp3) is 0.333. The third-order valence-electron chi connectivity index (χ3n) is 1.60. The Morgan fingerprint density at radius 2 is 2.36 bits per heavy atom. The maximum Gasteiger partial charge on any atom is 0.257 e. The molecule has 5 nitrogen and oxygen atoms in total. The molecule has 0 saturated heterocycles. The summed E-state index contributed by atoms with van der Waals surface area (Å²) in [6, 6.07) is 0. The number of hydrogen-bond acceptors (Lipinski definition) is 5. The molecule has 1 aromatic heterocycles. The van der Waals surface area contributed by atoms with Crippen molar-refractivity contribution >= 4 is 11.9 Å². The molecule has 0 aromatic carbocycles. The Bertz CT molecular complexity index is 325. The minimum absolute atomic E-state index is 0.295. The van der Waals surface area contributed by atoms with Crippen LogP contribution in [0.5, 0.6) is 5.88 Å². The van der Waals surface area contributed by atoms with E-state index in [4.69, 9.17) is 16.2 Å². The molecule has 0 radical (unpaired) electrons. The van der Waals surface area contributed by atoms with Crippen LogP contribution in [0.3, 0.4) is 0 Å². The first-order chi connectivity index (χ1) is 6.77. The largest absolute Gasteiger partial charge is 0.478 e. The Hall–Kier alpha value is -1.62. The number of nitrogen functional groups attached to an aromatic ring is 1. The van der Waals surface area contributed by atoms with Crippen LogP contribution in [0.25, 0.3) is 6.08 Å². The van der Waals surface area contributed by atoms with E-state index < -0.39 is 0 Å². The molecule has 0 aliphatic carbocycles. The number of aromatic nitrogens is 2. The van der Waals surface area contributed by atoms with Gasteiger partial charge in [-0.2, -0.15) is 0 Å². The first-order valence-electron chi connectivity index (χ1n) is 4.31. The molecule has 0 bridgehead atoms. The van der Waals surface area contributed by atoms with E-state index in [2.05, 4.69) is 9.97 Å². The van der Waals surface area contributed by atoms with Crippen LogP contribution >= 0.6 is 0 Å². The van der Waals surface area contributed by atoms with Crippen molar-refractivity contribution in [3.05, 3.63) is 18.0 Å². The number of anilines is 1. The van der Waals surface area contributed by atoms with Gasteiger partial charge in [0.05, 0.1) is 19.0 Å². The first kappa shape index (κ1) is 10.5. The average Bonchev–Trinajstić information content (AvgIpc) is 2.21. The van der Waals surface area contributed by atoms with Crippen molar-refractivity contribution in [3.8, 4) is 5.88 Å². The van der Waals surface area contributed by atoms with Crippen molar-refractivity contribution in [2.24, 2.45) is 5.73 Å². The van der Waals surface area contributed by atoms with E-state index in [1.165, 1.54) is 7.11 Å². The zero-order valence-electron chi connectivity index (χ0n) is 8.10. The summed E-state index contributed by atoms with van der Waals surface area (Å²) in [5.41, 5.74) is 11.6. The smallest absolute Gasteiger partial charge is 0.257 e. The zero-order valence-corrected chi connectivity index (χ0v) is 8.10. The number of rotatable bonds is 4. The number of hydrogen-bond donors (Lipinski definition) is 2. The molecule has 5 heteroatoms. The SMILES string of the molecule is COc1nc(C=CCCN)cnc1N. The molecule has 0 amide bonds. The summed E-state index contributed by atoms with van der Waals surface area (Å²) in [6.07, 6.45) is 6.17. The Labute approximate surface area is 82.8 Å². The third-order valence-corrected chi connectivity index (χ3v) is 1.60. The number of nitrogens with zero attached hydrogens (tertiary/aromatic N) is 2. The van der Waals surface area contributed by atoms with E-state index >= 15 is 0 Å². The molecule has 14 heavy (non-hydrogen) atoms. The second-order valence-electron chi connectivity index (χ2n) is 2.67. The number of nitrogens with two attached hydrogens (primary N) is 2. The molecule has 0 aliphatic heterocycles. The number of methoxy groups -OCH3 is 1. The van der Waals surface area contributed by atoms with Gasteiger partial charge in [0.25, 0.3) is 5.88 Å². The van der Waals surface area contributed by atoms with Gasteiger partial charge in [0.15, 0.2) is 5.82 Å². The lowest BCUT2D eigenvalue weighted by Crippen LogP contribution is -1.99. The molecule has 0 saturated carbocycles. The fourth-order valence-electron chi connectivity index (χ4n) is 0.925. The summed E-state index contributed by atoms with van der Waals surface area (Å²) in [5, 5.41) is 0. The minimum Gasteiger partial charge on any atom is -0.478 e. The van der Waals surface area contributed by atoms with Crippen LogP contribution in [0.1, 0.15) is 12.1 Å². The molecule has 0 unspecified atom stereocenters. The normalized spacial score (nSPS) is 10.7. The Kier molecular flexibility index (Phi) is 3.87. The van der Waals surface area contributed by atoms with Gasteiger partial charge >= 0.3 is 0 Å². The van der Waals surface area contributed by atoms with E-state index in [0.717, 1.165) is 6.42 Å². The van der Waals surface area contributed by atoms with Gasteiger partial charge in [-0.1, -0.05) is 6.08 Å². The van der Waals surface area contributed by atoms with Gasteiger partial charge in [-0.3, -0.25) is 0 Å². The Morgan fingerprint density at radius 3 is 3.00 bits per heavy atom. The zero-order chi connectivity index (χ0) is 10.4. The van der Waals surface area contributed by atoms with Crippen molar-refractivity contribution in [1.82, 2.24) is 9.97 Å². The summed E-state index contributed by atoms with van der Waals surface area (Å²) in [4.78, 5) is 8.06. The van der Waals surface area contributed by atoms with E-state index in [9.17, 15) is 0 Å². The summed E-state index contributed by atoms with van der Waals surface area (Å²) in [7, 11) is 1.51. The van der Waals surface area contributed by atoms with Crippen LogP contribution < -0.4 is 16.2 Å². The van der Waals surface area contributed by atoms with Gasteiger partial charge < -0.3 is 16.2 Å². The summed E-state index contributed by atoms with van der Waals surface area (Å²) in [6.45, 7) is 0.621. The molecule has 0 fully saturated rings. The van der Waals surface area contributed by atoms with Crippen LogP contribution in [-0.2, 0) is 0 Å². The molecule has 4 N–H and O–H groups in total. The van der Waals surface area contributed by atoms with Crippen LogP contribution in [0.2, 0.25) is 0 Å². The molecule has 0 atom stereocenters. The molecular weight excluding hydrogens is 180 g/mol. The monoisotopic (exact) mass is 194 g/mol. The van der Waals surface area contributed by atoms with Crippen molar-refractivity contribution < 1.29 is 4.74 Å². The van der Waals surface area contributed by atoms with Crippen molar-refractivity contribution in [2.75, 3.05) is 19.4 Å². The van der Waals surface area contributed by atoms with Crippen LogP contribution in [0.4, 0.5) is 5.82 Å². The minimum atomic E-state index is 0.295. The highest BCUT2D eigenvalue weighted by Gasteiger charge is 2.01. The fourth-order valence-corrected chi connectivity index (χ4v) is 0.925. The molecule has 0 aliphatic rings. The van der Waals surface area contributed by atoms with Gasteiger partial charge in [-0.15, -0.1) is 0 Å². The van der Waals surface area contributed by atoms with Crippen LogP contribution in [0, 0.1) is 0 Å². The lowest BCUT2D eigenvalue weighted by Gasteiger charge is -2.01. The van der Waals surface area contributed by atoms with E-state index in [-0.39, 0.29) is 0 Å². The predicted octanol–water partition coefficient (Wildman–Crippen LogP) is 0.429. The van der Waals surface area contributed by atoms with Gasteiger partial charge in [-0.05, 0) is 19.0 Å². The standard InChI is InChI=1S/C9H14N4O/c1-14-9-8(11)12-6-7(13-9)4-2-3-5-10/h2,4,6H,3,5,10H2,1H3,(H2,11,12). The Balaban J connectivity index is 2.79. The third kappa shape index (κ3) is 2.70. The summed E-state index contributed by atoms with van der Waals surface area (Å²) < 4.78 is 4.93. The Morgan fingerprint density at radius 1 is 1.57 bits per heavy atom. The van der Waals surface area contributed by atoms with Crippen LogP contribution in [0.15, 0.2) is 12.3 Å². The second-order valence-corrected chi connectivity index (χ2v) is 2.67. The molecular formula is C9H14N4O. The van der Waals surface area contributed by atoms with Crippen molar-refractivity contribution in [3.63, 3.8) is 0 Å². The summed E-state index contributed by atoms with van der Waals surface area (Å²) in [5.74, 6) is 0.642. The quantitative estimate of drug-likeness (QED) is 0.725. The predicted molar refractivity (Wildman–Crippen MR) is 55.7 cm³/mol. The molecule has 1 rings (SSSR count). The topological polar surface area (TPSA) is 87.0 Å². The maximum atomic E-state index is 5.51. The van der Waals surface area contributed by atoms with Gasteiger partial charge in [0.2, 0.25) is 0 Å². The molecule has 1 aromatic rings. The van der Waals surface area contributed by atoms with E-state index in [1.807, 2.05) is 12.2 Å². The molecule has 1 heterocycles. The highest BCUT2D eigenvalue weighted by Crippen LogP contribution is 2.14. The lowest BCUT2D eigenvalue weighted by atomic mass is 10.3. The van der Waals surface area contributed by atoms with Gasteiger partial charge in [-0.25, -0.2) is 9.97 Å². The van der Waals surface area contributed by atoms with Crippen molar-refractivity contribution in [1.29, 1.82) is 0 Å². The van der Waals surface area contributed by atoms with Crippen molar-refractivity contribution in [2.45, 2.75) is 6.42 Å².